The van der Waals surface area contributed by atoms with Crippen molar-refractivity contribution in [1.82, 2.24) is 0 Å². The molecule has 0 rings (SSSR count). The summed E-state index contributed by atoms with van der Waals surface area (Å²) in [5, 5.41) is 0.109. The first-order chi connectivity index (χ1) is 5.21. The molecular formula is C10H22BN. The molecule has 0 radical (unpaired) electrons. The van der Waals surface area contributed by atoms with E-state index in [0.717, 1.165) is 19.4 Å². The zero-order valence-corrected chi connectivity index (χ0v) is 9.20. The zero-order valence-electron chi connectivity index (χ0n) is 9.20. The summed E-state index contributed by atoms with van der Waals surface area (Å²) in [5.74, 6) is 0. The van der Waals surface area contributed by atoms with Gasteiger partial charge in [0, 0.05) is 0 Å². The molecule has 0 aliphatic heterocycles. The molecule has 0 aromatic rings. The molecule has 0 bridgehead atoms. The topological polar surface area (TPSA) is 26.0 Å². The first kappa shape index (κ1) is 11.6. The molecule has 0 heterocycles. The zero-order chi connectivity index (χ0) is 9.99. The van der Waals surface area contributed by atoms with Gasteiger partial charge in [0.15, 0.2) is 0 Å². The second kappa shape index (κ2) is 3.55. The molecule has 1 atom stereocenters. The van der Waals surface area contributed by atoms with Crippen LogP contribution in [0.4, 0.5) is 0 Å². The maximum Gasteiger partial charge on any atom is 0.132 e. The van der Waals surface area contributed by atoms with Crippen LogP contribution in [0.25, 0.3) is 0 Å². The van der Waals surface area contributed by atoms with E-state index >= 15 is 0 Å². The lowest BCUT2D eigenvalue weighted by Crippen LogP contribution is -2.27. The Morgan fingerprint density at radius 1 is 1.33 bits per heavy atom. The quantitative estimate of drug-likeness (QED) is 0.642. The van der Waals surface area contributed by atoms with E-state index in [-0.39, 0.29) is 5.31 Å². The number of rotatable bonds is 3. The third-order valence-corrected chi connectivity index (χ3v) is 2.48. The average molecular weight is 167 g/mol. The van der Waals surface area contributed by atoms with E-state index in [1.54, 1.807) is 0 Å². The lowest BCUT2D eigenvalue weighted by molar-refractivity contribution is 0.336. The van der Waals surface area contributed by atoms with Crippen molar-refractivity contribution in [3.05, 3.63) is 12.3 Å². The Labute approximate surface area is 77.7 Å². The predicted molar refractivity (Wildman–Crippen MR) is 58.8 cm³/mol. The molecule has 70 valence electrons. The molecule has 0 saturated heterocycles. The summed E-state index contributed by atoms with van der Waals surface area (Å²) in [4.78, 5) is 0. The molecule has 0 fully saturated rings. The van der Waals surface area contributed by atoms with Gasteiger partial charge in [0.05, 0.1) is 0 Å². The minimum atomic E-state index is 0.109. The number of allylic oxidation sites excluding steroid dienone is 1. The smallest absolute Gasteiger partial charge is 0.132 e. The van der Waals surface area contributed by atoms with Crippen molar-refractivity contribution in [1.29, 1.82) is 0 Å². The molecule has 1 unspecified atom stereocenters. The Morgan fingerprint density at radius 2 is 1.75 bits per heavy atom. The Bertz CT molecular complexity index is 169. The van der Waals surface area contributed by atoms with E-state index in [1.165, 1.54) is 0 Å². The minimum absolute atomic E-state index is 0.109. The molecule has 0 aliphatic carbocycles. The van der Waals surface area contributed by atoms with Gasteiger partial charge in [0.2, 0.25) is 0 Å². The van der Waals surface area contributed by atoms with Crippen LogP contribution in [-0.4, -0.2) is 7.28 Å². The van der Waals surface area contributed by atoms with Crippen LogP contribution in [0.15, 0.2) is 12.3 Å². The Balaban J connectivity index is 4.46. The maximum absolute atomic E-state index is 5.79. The summed E-state index contributed by atoms with van der Waals surface area (Å²) in [6.07, 6.45) is 1.10. The van der Waals surface area contributed by atoms with E-state index in [4.69, 9.17) is 5.73 Å². The van der Waals surface area contributed by atoms with Crippen LogP contribution in [0.2, 0.25) is 12.1 Å². The fraction of sp³-hybridized carbons (Fsp3) is 0.800. The molecule has 0 amide bonds. The SMILES string of the molecule is C=C(N)C(C)(BC)CC(C)(C)C. The van der Waals surface area contributed by atoms with Crippen LogP contribution in [-0.2, 0) is 0 Å². The van der Waals surface area contributed by atoms with Gasteiger partial charge in [0.25, 0.3) is 0 Å². The summed E-state index contributed by atoms with van der Waals surface area (Å²) in [6, 6.07) is 0. The first-order valence-corrected chi connectivity index (χ1v) is 4.66. The maximum atomic E-state index is 5.79. The molecule has 2 heteroatoms. The van der Waals surface area contributed by atoms with Gasteiger partial charge in [-0.25, -0.2) is 0 Å². The van der Waals surface area contributed by atoms with Crippen LogP contribution in [0, 0.1) is 5.41 Å². The number of hydrogen-bond acceptors (Lipinski definition) is 1. The van der Waals surface area contributed by atoms with Gasteiger partial charge < -0.3 is 5.73 Å². The highest BCUT2D eigenvalue weighted by atomic mass is 14.6. The molecule has 0 aromatic carbocycles. The normalized spacial score (nSPS) is 16.8. The number of nitrogens with two attached hydrogens (primary N) is 1. The molecular weight excluding hydrogens is 145 g/mol. The van der Waals surface area contributed by atoms with E-state index in [0.29, 0.717) is 5.41 Å². The summed E-state index contributed by atoms with van der Waals surface area (Å²) >= 11 is 0. The van der Waals surface area contributed by atoms with E-state index in [2.05, 4.69) is 41.1 Å². The van der Waals surface area contributed by atoms with E-state index in [1.807, 2.05) is 0 Å². The van der Waals surface area contributed by atoms with Crippen molar-refractivity contribution in [3.8, 4) is 0 Å². The Hall–Kier alpha value is -0.395. The molecule has 2 N–H and O–H groups in total. The van der Waals surface area contributed by atoms with Crippen LogP contribution in [0.5, 0.6) is 0 Å². The second-order valence-electron chi connectivity index (χ2n) is 5.18. The van der Waals surface area contributed by atoms with Gasteiger partial charge in [0.1, 0.15) is 7.28 Å². The summed E-state index contributed by atoms with van der Waals surface area (Å²) in [5.41, 5.74) is 6.94. The van der Waals surface area contributed by atoms with Gasteiger partial charge in [-0.05, 0) is 22.8 Å². The summed E-state index contributed by atoms with van der Waals surface area (Å²) in [6.45, 7) is 14.9. The van der Waals surface area contributed by atoms with Crippen molar-refractivity contribution in [2.75, 3.05) is 0 Å². The fourth-order valence-corrected chi connectivity index (χ4v) is 1.64. The molecule has 0 spiro atoms. The van der Waals surface area contributed by atoms with Gasteiger partial charge in [-0.3, -0.25) is 0 Å². The van der Waals surface area contributed by atoms with Gasteiger partial charge in [-0.1, -0.05) is 41.1 Å². The highest BCUT2D eigenvalue weighted by Crippen LogP contribution is 2.41. The van der Waals surface area contributed by atoms with Crippen LogP contribution in [0.1, 0.15) is 34.1 Å². The molecule has 0 aromatic heterocycles. The van der Waals surface area contributed by atoms with Gasteiger partial charge >= 0.3 is 0 Å². The molecule has 12 heavy (non-hydrogen) atoms. The molecule has 0 aliphatic rings. The largest absolute Gasteiger partial charge is 0.403 e. The van der Waals surface area contributed by atoms with Crippen molar-refractivity contribution in [3.63, 3.8) is 0 Å². The predicted octanol–water partition coefficient (Wildman–Crippen LogP) is 2.56. The highest BCUT2D eigenvalue weighted by molar-refractivity contribution is 6.39. The number of hydrogen-bond donors (Lipinski definition) is 1. The monoisotopic (exact) mass is 167 g/mol. The third-order valence-electron chi connectivity index (χ3n) is 2.48. The lowest BCUT2D eigenvalue weighted by atomic mass is 9.49. The minimum Gasteiger partial charge on any atom is -0.403 e. The summed E-state index contributed by atoms with van der Waals surface area (Å²) in [7, 11) is 1.07. The molecule has 1 nitrogen and oxygen atoms in total. The Morgan fingerprint density at radius 3 is 1.83 bits per heavy atom. The standard InChI is InChI=1S/C10H22BN/c1-8(12)10(5,11-6)7-9(2,3)4/h11H,1,7,12H2,2-6H3. The Kier molecular flexibility index (Phi) is 3.43. The van der Waals surface area contributed by atoms with Crippen molar-refractivity contribution in [2.24, 2.45) is 11.1 Å². The van der Waals surface area contributed by atoms with Gasteiger partial charge in [-0.2, -0.15) is 0 Å². The summed E-state index contributed by atoms with van der Waals surface area (Å²) < 4.78 is 0. The molecule has 0 saturated carbocycles. The van der Waals surface area contributed by atoms with Gasteiger partial charge in [-0.15, -0.1) is 0 Å². The van der Waals surface area contributed by atoms with Crippen LogP contribution >= 0.6 is 0 Å². The van der Waals surface area contributed by atoms with Crippen LogP contribution in [0.3, 0.4) is 0 Å². The lowest BCUT2D eigenvalue weighted by Gasteiger charge is -2.34. The average Bonchev–Trinajstić information content (AvgIpc) is 1.83. The second-order valence-corrected chi connectivity index (χ2v) is 5.18. The van der Waals surface area contributed by atoms with Crippen molar-refractivity contribution >= 4 is 7.28 Å². The first-order valence-electron chi connectivity index (χ1n) is 4.66. The third kappa shape index (κ3) is 3.33. The van der Waals surface area contributed by atoms with E-state index < -0.39 is 0 Å². The van der Waals surface area contributed by atoms with Crippen molar-refractivity contribution in [2.45, 2.75) is 46.3 Å². The fourth-order valence-electron chi connectivity index (χ4n) is 1.64. The van der Waals surface area contributed by atoms with Crippen LogP contribution < -0.4 is 5.73 Å². The van der Waals surface area contributed by atoms with Crippen molar-refractivity contribution < 1.29 is 0 Å². The van der Waals surface area contributed by atoms with E-state index in [9.17, 15) is 0 Å². The highest BCUT2D eigenvalue weighted by Gasteiger charge is 2.30.